The summed E-state index contributed by atoms with van der Waals surface area (Å²) in [4.78, 5) is -0.480. The van der Waals surface area contributed by atoms with E-state index in [4.69, 9.17) is 0 Å². The fraction of sp³-hybridized carbons (Fsp3) is 0.217. The van der Waals surface area contributed by atoms with E-state index in [9.17, 15) is 18.1 Å². The van der Waals surface area contributed by atoms with Gasteiger partial charge in [0.25, 0.3) is 10.1 Å². The first-order chi connectivity index (χ1) is 13.1. The van der Waals surface area contributed by atoms with Crippen molar-refractivity contribution in [2.45, 2.75) is 37.0 Å². The molecule has 28 heavy (non-hydrogen) atoms. The maximum Gasteiger partial charge on any atom is 0.298 e. The molecule has 3 aromatic rings. The van der Waals surface area contributed by atoms with Gasteiger partial charge in [-0.1, -0.05) is 81.4 Å². The molecule has 0 heterocycles. The van der Waals surface area contributed by atoms with Crippen LogP contribution in [0, 0.1) is 0 Å². The molecule has 0 bridgehead atoms. The van der Waals surface area contributed by atoms with Gasteiger partial charge in [-0.3, -0.25) is 4.55 Å². The quantitative estimate of drug-likeness (QED) is 0.587. The molecule has 1 unspecified atom stereocenters. The molecule has 0 saturated heterocycles. The molecular weight excluding hydrogens is 372 g/mol. The van der Waals surface area contributed by atoms with Gasteiger partial charge in [0.1, 0.15) is 10.6 Å². The van der Waals surface area contributed by atoms with Gasteiger partial charge in [-0.15, -0.1) is 0 Å². The molecule has 146 valence electrons. The Bertz CT molecular complexity index is 1090. The highest BCUT2D eigenvalue weighted by Gasteiger charge is 2.29. The molecule has 0 fully saturated rings. The van der Waals surface area contributed by atoms with Gasteiger partial charge in [0.2, 0.25) is 0 Å². The lowest BCUT2D eigenvalue weighted by molar-refractivity contribution is 0.442. The van der Waals surface area contributed by atoms with Crippen molar-refractivity contribution < 1.29 is 18.1 Å². The first kappa shape index (κ1) is 20.1. The van der Waals surface area contributed by atoms with Crippen LogP contribution < -0.4 is 0 Å². The largest absolute Gasteiger partial charge is 0.506 e. The number of hydrogen-bond donors (Lipinski definition) is 2. The molecule has 0 spiro atoms. The van der Waals surface area contributed by atoms with Crippen molar-refractivity contribution in [3.8, 4) is 5.75 Å². The van der Waals surface area contributed by atoms with Crippen molar-refractivity contribution in [2.75, 3.05) is 0 Å². The Kier molecular flexibility index (Phi) is 5.33. The maximum atomic E-state index is 11.6. The smallest absolute Gasteiger partial charge is 0.298 e. The third kappa shape index (κ3) is 3.81. The number of phenolic OH excluding ortho intramolecular Hbond substituents is 1. The Morgan fingerprint density at radius 2 is 1.50 bits per heavy atom. The average molecular weight is 397 g/mol. The number of rotatable bonds is 5. The van der Waals surface area contributed by atoms with Gasteiger partial charge in [-0.2, -0.15) is 8.42 Å². The van der Waals surface area contributed by atoms with E-state index in [0.29, 0.717) is 5.56 Å². The highest BCUT2D eigenvalue weighted by Crippen LogP contribution is 2.39. The van der Waals surface area contributed by atoms with E-state index in [1.807, 2.05) is 50.2 Å². The standard InChI is InChI=1S/C23H24O4S/c1-16(17-9-5-4-6-10-17)19-11-7-8-12-20(19)23(2,3)18-13-14-21(24)22(15-18)28(25,26)27/h4-16,24H,1-3H3,(H,25,26,27). The van der Waals surface area contributed by atoms with Crippen molar-refractivity contribution in [1.82, 2.24) is 0 Å². The van der Waals surface area contributed by atoms with Crippen LogP contribution in [0.2, 0.25) is 0 Å². The lowest BCUT2D eigenvalue weighted by Crippen LogP contribution is -2.22. The zero-order chi connectivity index (χ0) is 20.5. The third-order valence-corrected chi connectivity index (χ3v) is 6.24. The normalized spacial score (nSPS) is 13.3. The van der Waals surface area contributed by atoms with E-state index in [0.717, 1.165) is 11.1 Å². The monoisotopic (exact) mass is 396 g/mol. The summed E-state index contributed by atoms with van der Waals surface area (Å²) in [5.74, 6) is -0.317. The minimum absolute atomic E-state index is 0.148. The minimum atomic E-state index is -4.52. The van der Waals surface area contributed by atoms with Crippen molar-refractivity contribution in [1.29, 1.82) is 0 Å². The van der Waals surface area contributed by atoms with E-state index in [2.05, 4.69) is 25.1 Å². The molecule has 4 nitrogen and oxygen atoms in total. The van der Waals surface area contributed by atoms with E-state index in [1.165, 1.54) is 17.7 Å². The summed E-state index contributed by atoms with van der Waals surface area (Å²) in [5, 5.41) is 9.86. The number of benzene rings is 3. The first-order valence-corrected chi connectivity index (χ1v) is 10.5. The summed E-state index contributed by atoms with van der Waals surface area (Å²) in [6.45, 7) is 6.15. The van der Waals surface area contributed by atoms with Crippen LogP contribution in [0.25, 0.3) is 0 Å². The predicted molar refractivity (Wildman–Crippen MR) is 110 cm³/mol. The van der Waals surface area contributed by atoms with E-state index < -0.39 is 26.2 Å². The first-order valence-electron chi connectivity index (χ1n) is 9.07. The topological polar surface area (TPSA) is 74.6 Å². The number of aromatic hydroxyl groups is 1. The van der Waals surface area contributed by atoms with Gasteiger partial charge in [0.15, 0.2) is 0 Å². The van der Waals surface area contributed by atoms with E-state index >= 15 is 0 Å². The fourth-order valence-corrected chi connectivity index (χ4v) is 4.24. The zero-order valence-electron chi connectivity index (χ0n) is 16.1. The lowest BCUT2D eigenvalue weighted by atomic mass is 9.73. The van der Waals surface area contributed by atoms with Crippen LogP contribution in [0.15, 0.2) is 77.7 Å². The van der Waals surface area contributed by atoms with Crippen molar-refractivity contribution >= 4 is 10.1 Å². The summed E-state index contributed by atoms with van der Waals surface area (Å²) in [5.41, 5.74) is 3.52. The summed E-state index contributed by atoms with van der Waals surface area (Å²) in [6, 6.07) is 22.6. The lowest BCUT2D eigenvalue weighted by Gasteiger charge is -2.31. The zero-order valence-corrected chi connectivity index (χ0v) is 16.9. The fourth-order valence-electron chi connectivity index (χ4n) is 3.63. The van der Waals surface area contributed by atoms with Crippen LogP contribution in [0.5, 0.6) is 5.75 Å². The van der Waals surface area contributed by atoms with Crippen molar-refractivity contribution in [3.05, 3.63) is 95.1 Å². The molecule has 0 saturated carbocycles. The van der Waals surface area contributed by atoms with Crippen LogP contribution in [0.3, 0.4) is 0 Å². The second-order valence-corrected chi connectivity index (χ2v) is 8.89. The van der Waals surface area contributed by atoms with Gasteiger partial charge in [0.05, 0.1) is 0 Å². The summed E-state index contributed by atoms with van der Waals surface area (Å²) in [7, 11) is -4.52. The Morgan fingerprint density at radius 1 is 0.893 bits per heavy atom. The second-order valence-electron chi connectivity index (χ2n) is 7.50. The van der Waals surface area contributed by atoms with Gasteiger partial charge < -0.3 is 5.11 Å². The van der Waals surface area contributed by atoms with Gasteiger partial charge in [-0.05, 0) is 34.4 Å². The molecule has 0 aliphatic rings. The molecule has 0 aliphatic carbocycles. The summed E-state index contributed by atoms with van der Waals surface area (Å²) in [6.07, 6.45) is 0. The highest BCUT2D eigenvalue weighted by atomic mass is 32.2. The van der Waals surface area contributed by atoms with Gasteiger partial charge >= 0.3 is 0 Å². The van der Waals surface area contributed by atoms with Crippen molar-refractivity contribution in [2.24, 2.45) is 0 Å². The molecule has 3 aromatic carbocycles. The Morgan fingerprint density at radius 3 is 2.14 bits per heavy atom. The predicted octanol–water partition coefficient (Wildman–Crippen LogP) is 5.12. The van der Waals surface area contributed by atoms with Crippen LogP contribution in [-0.4, -0.2) is 18.1 Å². The summed E-state index contributed by atoms with van der Waals surface area (Å²) >= 11 is 0. The highest BCUT2D eigenvalue weighted by molar-refractivity contribution is 7.86. The third-order valence-electron chi connectivity index (χ3n) is 5.36. The molecule has 0 amide bonds. The molecule has 3 rings (SSSR count). The average Bonchev–Trinajstić information content (AvgIpc) is 2.67. The molecule has 5 heteroatoms. The molecule has 0 aliphatic heterocycles. The van der Waals surface area contributed by atoms with E-state index in [1.54, 1.807) is 6.07 Å². The van der Waals surface area contributed by atoms with Crippen LogP contribution in [0.4, 0.5) is 0 Å². The van der Waals surface area contributed by atoms with Crippen LogP contribution in [0.1, 0.15) is 48.9 Å². The molecule has 0 aromatic heterocycles. The Hall–Kier alpha value is -2.63. The van der Waals surface area contributed by atoms with Crippen molar-refractivity contribution in [3.63, 3.8) is 0 Å². The van der Waals surface area contributed by atoms with Gasteiger partial charge in [-0.25, -0.2) is 0 Å². The maximum absolute atomic E-state index is 11.6. The summed E-state index contributed by atoms with van der Waals surface area (Å²) < 4.78 is 32.7. The minimum Gasteiger partial charge on any atom is -0.506 e. The molecule has 2 N–H and O–H groups in total. The number of hydrogen-bond acceptors (Lipinski definition) is 3. The Labute approximate surface area is 166 Å². The molecule has 1 atom stereocenters. The SMILES string of the molecule is CC(c1ccccc1)c1ccccc1C(C)(C)c1ccc(O)c(S(=O)(=O)O)c1. The molecule has 0 radical (unpaired) electrons. The molecular formula is C23H24O4S. The Balaban J connectivity index is 2.14. The second kappa shape index (κ2) is 7.41. The van der Waals surface area contributed by atoms with Crippen LogP contribution >= 0.6 is 0 Å². The number of phenols is 1. The van der Waals surface area contributed by atoms with Gasteiger partial charge in [0, 0.05) is 11.3 Å². The van der Waals surface area contributed by atoms with E-state index in [-0.39, 0.29) is 5.92 Å². The van der Waals surface area contributed by atoms with Crippen LogP contribution in [-0.2, 0) is 15.5 Å².